The van der Waals surface area contributed by atoms with Crippen molar-refractivity contribution in [1.82, 2.24) is 4.40 Å². The highest BCUT2D eigenvalue weighted by atomic mass is 32.1. The second kappa shape index (κ2) is 6.48. The van der Waals surface area contributed by atoms with Crippen molar-refractivity contribution in [3.05, 3.63) is 38.6 Å². The fraction of sp³-hybridized carbons (Fsp3) is 0.500. The number of carbonyl (C=O) groups is 1. The molecule has 0 amide bonds. The molecule has 7 nitrogen and oxygen atoms in total. The number of carboxylic acids is 1. The van der Waals surface area contributed by atoms with Gasteiger partial charge in [0.05, 0.1) is 22.0 Å². The lowest BCUT2D eigenvalue weighted by molar-refractivity contribution is -0.0266. The van der Waals surface area contributed by atoms with Gasteiger partial charge in [-0.1, -0.05) is 0 Å². The third kappa shape index (κ3) is 2.36. The lowest BCUT2D eigenvalue weighted by Crippen LogP contribution is -2.51. The van der Waals surface area contributed by atoms with Gasteiger partial charge in [0.1, 0.15) is 22.8 Å². The van der Waals surface area contributed by atoms with Gasteiger partial charge in [0.15, 0.2) is 0 Å². The molecule has 5 aliphatic rings. The second-order valence-electron chi connectivity index (χ2n) is 10.2. The summed E-state index contributed by atoms with van der Waals surface area (Å²) in [7, 11) is 0. The number of fused-ring (bicyclic) bond motifs is 2. The van der Waals surface area contributed by atoms with Gasteiger partial charge in [-0.05, 0) is 61.5 Å². The van der Waals surface area contributed by atoms with Crippen LogP contribution in [0.5, 0.6) is 5.88 Å². The minimum Gasteiger partial charge on any atom is -0.477 e. The Morgan fingerprint density at radius 3 is 2.85 bits per heavy atom. The highest BCUT2D eigenvalue weighted by molar-refractivity contribution is 7.16. The van der Waals surface area contributed by atoms with E-state index in [2.05, 4.69) is 4.90 Å². The van der Waals surface area contributed by atoms with Crippen molar-refractivity contribution in [1.29, 1.82) is 0 Å². The van der Waals surface area contributed by atoms with Gasteiger partial charge in [-0.2, -0.15) is 0 Å². The quantitative estimate of drug-likeness (QED) is 0.610. The van der Waals surface area contributed by atoms with Crippen LogP contribution < -0.4 is 20.8 Å². The molecule has 0 spiro atoms. The lowest BCUT2D eigenvalue weighted by Gasteiger charge is -2.53. The zero-order chi connectivity index (χ0) is 22.6. The van der Waals surface area contributed by atoms with Gasteiger partial charge in [-0.15, -0.1) is 11.3 Å². The molecule has 4 heterocycles. The number of halogens is 1. The van der Waals surface area contributed by atoms with Crippen molar-refractivity contribution in [2.75, 3.05) is 24.5 Å². The van der Waals surface area contributed by atoms with Gasteiger partial charge in [0, 0.05) is 18.7 Å². The van der Waals surface area contributed by atoms with Crippen LogP contribution in [0.25, 0.3) is 15.7 Å². The smallest absolute Gasteiger partial charge is 0.342 e. The average molecular weight is 470 g/mol. The maximum Gasteiger partial charge on any atom is 0.342 e. The fourth-order valence-corrected chi connectivity index (χ4v) is 8.43. The van der Waals surface area contributed by atoms with Gasteiger partial charge < -0.3 is 20.5 Å². The van der Waals surface area contributed by atoms with E-state index in [1.54, 1.807) is 9.78 Å². The normalized spacial score (nSPS) is 29.8. The third-order valence-electron chi connectivity index (χ3n) is 9.01. The number of carboxylic acid groups (broad SMARTS) is 1. The Hall–Kier alpha value is -2.65. The maximum atomic E-state index is 15.7. The Labute approximate surface area is 192 Å². The molecule has 3 saturated carbocycles. The van der Waals surface area contributed by atoms with E-state index in [-0.39, 0.29) is 23.0 Å². The molecule has 1 aromatic carbocycles. The number of pyridine rings is 1. The van der Waals surface area contributed by atoms with E-state index in [1.807, 2.05) is 0 Å². The highest BCUT2D eigenvalue weighted by Gasteiger charge is 2.56. The summed E-state index contributed by atoms with van der Waals surface area (Å²) in [6, 6.07) is 1.23. The van der Waals surface area contributed by atoms with E-state index in [9.17, 15) is 14.7 Å². The number of aromatic carboxylic acids is 1. The van der Waals surface area contributed by atoms with E-state index in [0.29, 0.717) is 51.8 Å². The topological polar surface area (TPSA) is 97.3 Å². The molecule has 2 aromatic heterocycles. The molecule has 0 radical (unpaired) electrons. The van der Waals surface area contributed by atoms with E-state index in [0.717, 1.165) is 37.3 Å². The van der Waals surface area contributed by atoms with Crippen LogP contribution >= 0.6 is 11.3 Å². The standard InChI is InChI=1S/C24H24FN3O4S/c25-16-5-12-19-14(8-32-17-9-33-22(28(17)19)18(21(12)29)23(30)31)20(16)27-6-13-11-1-3-24(10-26,4-2-11)15(13)7-27/h5,9,11,13,15H,1-4,6-8,10,26H2,(H,30,31). The zero-order valence-corrected chi connectivity index (χ0v) is 18.8. The van der Waals surface area contributed by atoms with Crippen molar-refractivity contribution in [2.24, 2.45) is 28.9 Å². The summed E-state index contributed by atoms with van der Waals surface area (Å²) in [5.74, 6) is 0.321. The molecule has 2 aliphatic heterocycles. The van der Waals surface area contributed by atoms with Crippen LogP contribution in [0.2, 0.25) is 0 Å². The number of ether oxygens (including phenoxy) is 1. The van der Waals surface area contributed by atoms with Crippen molar-refractivity contribution in [3.8, 4) is 5.88 Å². The van der Waals surface area contributed by atoms with Crippen LogP contribution in [0.1, 0.15) is 41.6 Å². The van der Waals surface area contributed by atoms with E-state index in [1.165, 1.54) is 18.9 Å². The minimum atomic E-state index is -1.31. The van der Waals surface area contributed by atoms with E-state index < -0.39 is 17.2 Å². The predicted molar refractivity (Wildman–Crippen MR) is 123 cm³/mol. The van der Waals surface area contributed by atoms with Crippen LogP contribution in [0.4, 0.5) is 10.1 Å². The van der Waals surface area contributed by atoms with Crippen LogP contribution in [-0.2, 0) is 6.61 Å². The summed E-state index contributed by atoms with van der Waals surface area (Å²) in [6.45, 7) is 2.37. The van der Waals surface area contributed by atoms with Gasteiger partial charge in [0.25, 0.3) is 0 Å². The molecule has 3 aromatic rings. The number of benzene rings is 1. The fourth-order valence-electron chi connectivity index (χ4n) is 7.46. The van der Waals surface area contributed by atoms with Crippen molar-refractivity contribution in [3.63, 3.8) is 0 Å². The third-order valence-corrected chi connectivity index (χ3v) is 9.94. The highest BCUT2D eigenvalue weighted by Crippen LogP contribution is 2.59. The van der Waals surface area contributed by atoms with Crippen molar-refractivity contribution < 1.29 is 19.0 Å². The summed E-state index contributed by atoms with van der Waals surface area (Å²) in [5, 5.41) is 11.5. The number of nitrogens with zero attached hydrogens (tertiary/aromatic N) is 2. The summed E-state index contributed by atoms with van der Waals surface area (Å²) in [5.41, 5.74) is 7.16. The zero-order valence-electron chi connectivity index (χ0n) is 18.0. The Balaban J connectivity index is 1.45. The first-order chi connectivity index (χ1) is 15.9. The molecule has 172 valence electrons. The van der Waals surface area contributed by atoms with Gasteiger partial charge >= 0.3 is 5.97 Å². The number of anilines is 1. The van der Waals surface area contributed by atoms with Gasteiger partial charge in [-0.25, -0.2) is 9.18 Å². The van der Waals surface area contributed by atoms with Gasteiger partial charge in [-0.3, -0.25) is 9.20 Å². The molecule has 3 N–H and O–H groups in total. The number of hydrogen-bond donors (Lipinski definition) is 2. The maximum absolute atomic E-state index is 15.7. The molecule has 8 rings (SSSR count). The lowest BCUT2D eigenvalue weighted by atomic mass is 9.51. The summed E-state index contributed by atoms with van der Waals surface area (Å²) >= 11 is 1.16. The van der Waals surface area contributed by atoms with Crippen molar-refractivity contribution >= 4 is 38.7 Å². The Kier molecular flexibility index (Phi) is 3.88. The number of rotatable bonds is 3. The van der Waals surface area contributed by atoms with E-state index >= 15 is 4.39 Å². The van der Waals surface area contributed by atoms with Crippen LogP contribution in [-0.4, -0.2) is 35.1 Å². The summed E-state index contributed by atoms with van der Waals surface area (Å²) in [6.07, 6.45) is 4.72. The monoisotopic (exact) mass is 469 g/mol. The number of thiazole rings is 1. The molecule has 4 fully saturated rings. The van der Waals surface area contributed by atoms with Gasteiger partial charge in [0.2, 0.25) is 11.3 Å². The molecule has 1 saturated heterocycles. The largest absolute Gasteiger partial charge is 0.477 e. The Bertz CT molecular complexity index is 1420. The molecule has 2 atom stereocenters. The molecular weight excluding hydrogens is 445 g/mol. The summed E-state index contributed by atoms with van der Waals surface area (Å²) < 4.78 is 23.3. The molecule has 3 aliphatic carbocycles. The second-order valence-corrected chi connectivity index (χ2v) is 11.0. The van der Waals surface area contributed by atoms with E-state index in [4.69, 9.17) is 10.5 Å². The molecule has 2 bridgehead atoms. The molecule has 2 unspecified atom stereocenters. The Morgan fingerprint density at radius 1 is 1.33 bits per heavy atom. The SMILES string of the molecule is NCC12CCC(CC1)C1CN(c3c(F)cc4c(=O)c(C(=O)O)c5scc6n5c4c3CO6)CC12. The number of aromatic nitrogens is 1. The molecule has 9 heteroatoms. The van der Waals surface area contributed by atoms with Crippen molar-refractivity contribution in [2.45, 2.75) is 32.3 Å². The first kappa shape index (κ1) is 19.8. The average Bonchev–Trinajstić information content (AvgIpc) is 3.45. The summed E-state index contributed by atoms with van der Waals surface area (Å²) in [4.78, 5) is 27.4. The first-order valence-corrected chi connectivity index (χ1v) is 12.4. The van der Waals surface area contributed by atoms with Crippen LogP contribution in [0.15, 0.2) is 16.2 Å². The molecular formula is C24H24FN3O4S. The first-order valence-electron chi connectivity index (χ1n) is 11.6. The number of hydrogen-bond acceptors (Lipinski definition) is 6. The van der Waals surface area contributed by atoms with Crippen LogP contribution in [0, 0.1) is 29.0 Å². The van der Waals surface area contributed by atoms with Crippen LogP contribution in [0.3, 0.4) is 0 Å². The molecule has 33 heavy (non-hydrogen) atoms. The minimum absolute atomic E-state index is 0.0965. The Morgan fingerprint density at radius 2 is 2.12 bits per heavy atom. The predicted octanol–water partition coefficient (Wildman–Crippen LogP) is 3.45. The number of nitrogens with two attached hydrogens (primary N) is 1.